The summed E-state index contributed by atoms with van der Waals surface area (Å²) in [6.07, 6.45) is 4.13. The highest BCUT2D eigenvalue weighted by Gasteiger charge is 2.33. The number of rotatable bonds is 0. The molecule has 0 aromatic heterocycles. The molecule has 0 radical (unpaired) electrons. The van der Waals surface area contributed by atoms with Gasteiger partial charge < -0.3 is 5.02 Å². The van der Waals surface area contributed by atoms with Crippen LogP contribution in [0.5, 0.6) is 0 Å². The maximum atomic E-state index is 9.49. The van der Waals surface area contributed by atoms with E-state index in [1.165, 1.54) is 11.1 Å². The van der Waals surface area contributed by atoms with Gasteiger partial charge in [-0.05, 0) is 24.8 Å². The summed E-state index contributed by atoms with van der Waals surface area (Å²) < 4.78 is 0. The number of allylic oxidation sites excluding steroid dienone is 6. The summed E-state index contributed by atoms with van der Waals surface area (Å²) in [5.74, 6) is 0. The van der Waals surface area contributed by atoms with E-state index in [0.717, 1.165) is 10.9 Å². The first kappa shape index (κ1) is 5.99. The summed E-state index contributed by atoms with van der Waals surface area (Å²) in [6.45, 7) is 3.77. The van der Waals surface area contributed by atoms with Gasteiger partial charge in [0.05, 0.1) is 0 Å². The Balaban J connectivity index is 2.59. The molecule has 0 aromatic carbocycles. The molecule has 0 fully saturated rings. The molecule has 0 unspecified atom stereocenters. The molecule has 0 amide bonds. The van der Waals surface area contributed by atoms with E-state index in [1.54, 1.807) is 0 Å². The second kappa shape index (κ2) is 1.64. The largest absolute Gasteiger partial charge is 0.443 e. The third-order valence-corrected chi connectivity index (χ3v) is 2.24. The first-order chi connectivity index (χ1) is 4.70. The molecule has 2 aliphatic rings. The molecule has 10 heavy (non-hydrogen) atoms. The van der Waals surface area contributed by atoms with Crippen LogP contribution >= 0.6 is 0 Å². The molecule has 2 bridgehead atoms. The van der Waals surface area contributed by atoms with Crippen molar-refractivity contribution in [2.24, 2.45) is 0 Å². The summed E-state index contributed by atoms with van der Waals surface area (Å²) in [5.41, 5.74) is 4.61. The van der Waals surface area contributed by atoms with Gasteiger partial charge in [-0.15, -0.1) is 0 Å². The van der Waals surface area contributed by atoms with E-state index >= 15 is 0 Å². The summed E-state index contributed by atoms with van der Waals surface area (Å²) in [5, 5.41) is 9.49. The van der Waals surface area contributed by atoms with Crippen LogP contribution in [0.25, 0.3) is 0 Å². The Labute approximate surface area is 60.9 Å². The second-order valence-electron chi connectivity index (χ2n) is 2.97. The lowest BCUT2D eigenvalue weighted by atomic mass is 9.60. The standard InChI is InChI=1S/C8H9BO/c1-5-3-8-6(2)4-7(5)9(8)10/h3-4,10H,1-2H3. The van der Waals surface area contributed by atoms with Crippen molar-refractivity contribution in [1.82, 2.24) is 0 Å². The Bertz CT molecular complexity index is 284. The van der Waals surface area contributed by atoms with Crippen molar-refractivity contribution in [3.8, 4) is 0 Å². The monoisotopic (exact) mass is 132 g/mol. The van der Waals surface area contributed by atoms with E-state index in [0.29, 0.717) is 0 Å². The molecule has 0 aliphatic carbocycles. The minimum Gasteiger partial charge on any atom is -0.443 e. The second-order valence-corrected chi connectivity index (χ2v) is 2.97. The molecule has 0 atom stereocenters. The Kier molecular flexibility index (Phi) is 0.982. The highest BCUT2D eigenvalue weighted by molar-refractivity contribution is 6.71. The van der Waals surface area contributed by atoms with Crippen LogP contribution in [0.1, 0.15) is 13.8 Å². The van der Waals surface area contributed by atoms with Gasteiger partial charge in [-0.1, -0.05) is 23.3 Å². The average Bonchev–Trinajstić information content (AvgIpc) is 2.26. The lowest BCUT2D eigenvalue weighted by Gasteiger charge is -1.96. The summed E-state index contributed by atoms with van der Waals surface area (Å²) in [4.78, 5) is 0. The molecule has 0 saturated heterocycles. The molecule has 1 nitrogen and oxygen atoms in total. The molecule has 50 valence electrons. The van der Waals surface area contributed by atoms with Crippen molar-refractivity contribution in [3.05, 3.63) is 34.2 Å². The van der Waals surface area contributed by atoms with Gasteiger partial charge >= 0.3 is 6.92 Å². The minimum atomic E-state index is -0.306. The Morgan fingerprint density at radius 1 is 1.30 bits per heavy atom. The van der Waals surface area contributed by atoms with E-state index < -0.39 is 0 Å². The molecule has 0 spiro atoms. The van der Waals surface area contributed by atoms with Crippen molar-refractivity contribution in [1.29, 1.82) is 0 Å². The molecule has 2 rings (SSSR count). The van der Waals surface area contributed by atoms with Crippen LogP contribution in [-0.2, 0) is 0 Å². The van der Waals surface area contributed by atoms with E-state index in [1.807, 2.05) is 13.8 Å². The van der Waals surface area contributed by atoms with Gasteiger partial charge in [-0.2, -0.15) is 0 Å². The smallest absolute Gasteiger partial charge is 0.359 e. The maximum Gasteiger partial charge on any atom is 0.359 e. The lowest BCUT2D eigenvalue weighted by molar-refractivity contribution is 0.594. The van der Waals surface area contributed by atoms with Crippen molar-refractivity contribution in [2.45, 2.75) is 13.8 Å². The highest BCUT2D eigenvalue weighted by atomic mass is 16.2. The molecule has 1 N–H and O–H groups in total. The Morgan fingerprint density at radius 2 is 2.00 bits per heavy atom. The van der Waals surface area contributed by atoms with Crippen molar-refractivity contribution in [3.63, 3.8) is 0 Å². The predicted octanol–water partition coefficient (Wildman–Crippen LogP) is 1.27. The Hall–Kier alpha value is -0.755. The van der Waals surface area contributed by atoms with E-state index in [2.05, 4.69) is 12.2 Å². The van der Waals surface area contributed by atoms with Crippen LogP contribution < -0.4 is 0 Å². The van der Waals surface area contributed by atoms with Crippen molar-refractivity contribution in [2.75, 3.05) is 0 Å². The van der Waals surface area contributed by atoms with Gasteiger partial charge in [0.1, 0.15) is 0 Å². The zero-order chi connectivity index (χ0) is 7.30. The quantitative estimate of drug-likeness (QED) is 0.492. The topological polar surface area (TPSA) is 20.2 Å². The molecular formula is C8H9BO. The maximum absolute atomic E-state index is 9.49. The van der Waals surface area contributed by atoms with Gasteiger partial charge in [-0.3, -0.25) is 0 Å². The van der Waals surface area contributed by atoms with Crippen LogP contribution in [0.4, 0.5) is 0 Å². The predicted molar refractivity (Wildman–Crippen MR) is 42.5 cm³/mol. The Morgan fingerprint density at radius 3 is 2.30 bits per heavy atom. The molecule has 2 heterocycles. The fourth-order valence-corrected chi connectivity index (χ4v) is 1.62. The van der Waals surface area contributed by atoms with E-state index in [9.17, 15) is 5.02 Å². The zero-order valence-corrected chi connectivity index (χ0v) is 6.18. The van der Waals surface area contributed by atoms with Crippen LogP contribution in [0.3, 0.4) is 0 Å². The van der Waals surface area contributed by atoms with Crippen molar-refractivity contribution >= 4 is 6.92 Å². The van der Waals surface area contributed by atoms with Crippen LogP contribution in [0.15, 0.2) is 34.2 Å². The highest BCUT2D eigenvalue weighted by Crippen LogP contribution is 2.35. The van der Waals surface area contributed by atoms with Crippen LogP contribution in [0, 0.1) is 0 Å². The first-order valence-electron chi connectivity index (χ1n) is 3.49. The van der Waals surface area contributed by atoms with Gasteiger partial charge in [0.25, 0.3) is 0 Å². The van der Waals surface area contributed by atoms with E-state index in [4.69, 9.17) is 0 Å². The fourth-order valence-electron chi connectivity index (χ4n) is 1.62. The molecular weight excluding hydrogens is 123 g/mol. The van der Waals surface area contributed by atoms with Gasteiger partial charge in [0, 0.05) is 0 Å². The van der Waals surface area contributed by atoms with Crippen molar-refractivity contribution < 1.29 is 5.02 Å². The lowest BCUT2D eigenvalue weighted by Crippen LogP contribution is -2.10. The third-order valence-electron chi connectivity index (χ3n) is 2.24. The number of fused-ring (bicyclic) bond motifs is 2. The molecule has 0 saturated carbocycles. The average molecular weight is 132 g/mol. The van der Waals surface area contributed by atoms with Crippen LogP contribution in [0.2, 0.25) is 0 Å². The first-order valence-corrected chi connectivity index (χ1v) is 3.49. The van der Waals surface area contributed by atoms with Gasteiger partial charge in [0.15, 0.2) is 0 Å². The van der Waals surface area contributed by atoms with E-state index in [-0.39, 0.29) is 6.92 Å². The normalized spacial score (nSPS) is 22.1. The summed E-state index contributed by atoms with van der Waals surface area (Å²) in [6, 6.07) is 0. The fraction of sp³-hybridized carbons (Fsp3) is 0.250. The number of hydrogen-bond acceptors (Lipinski definition) is 1. The zero-order valence-electron chi connectivity index (χ0n) is 6.18. The molecule has 2 heteroatoms. The summed E-state index contributed by atoms with van der Waals surface area (Å²) in [7, 11) is 0. The molecule has 0 aromatic rings. The minimum absolute atomic E-state index is 0.306. The SMILES string of the molecule is CC1=CC2=C(C)C=C1B2O. The number of hydrogen-bond donors (Lipinski definition) is 1. The third kappa shape index (κ3) is 0.523. The van der Waals surface area contributed by atoms with Gasteiger partial charge in [-0.25, -0.2) is 0 Å². The molecule has 2 aliphatic heterocycles. The summed E-state index contributed by atoms with van der Waals surface area (Å²) >= 11 is 0. The van der Waals surface area contributed by atoms with Crippen LogP contribution in [-0.4, -0.2) is 11.9 Å². The van der Waals surface area contributed by atoms with Gasteiger partial charge in [0.2, 0.25) is 0 Å².